The number of nitrogens with zero attached hydrogens (tertiary/aromatic N) is 1. The van der Waals surface area contributed by atoms with Crippen molar-refractivity contribution in [2.45, 2.75) is 20.3 Å². The number of amides is 1. The van der Waals surface area contributed by atoms with Crippen LogP contribution in [-0.4, -0.2) is 44.3 Å². The van der Waals surface area contributed by atoms with Crippen molar-refractivity contribution >= 4 is 15.7 Å². The Labute approximate surface area is 91.6 Å². The Morgan fingerprint density at radius 1 is 1.27 bits per heavy atom. The lowest BCUT2D eigenvalue weighted by Crippen LogP contribution is -2.44. The average Bonchev–Trinajstić information content (AvgIpc) is 1.98. The van der Waals surface area contributed by atoms with Crippen LogP contribution < -0.4 is 0 Å². The summed E-state index contributed by atoms with van der Waals surface area (Å²) in [6.45, 7) is 5.57. The van der Waals surface area contributed by atoms with Crippen molar-refractivity contribution in [1.82, 2.24) is 4.90 Å². The van der Waals surface area contributed by atoms with Gasteiger partial charge in [0.1, 0.15) is 5.75 Å². The fourth-order valence-corrected chi connectivity index (χ4v) is 2.81. The van der Waals surface area contributed by atoms with Crippen LogP contribution in [0.15, 0.2) is 0 Å². The zero-order valence-corrected chi connectivity index (χ0v) is 10.4. The molecule has 0 aromatic rings. The van der Waals surface area contributed by atoms with Gasteiger partial charge in [-0.15, -0.1) is 0 Å². The largest absolute Gasteiger partial charge is 0.341 e. The summed E-state index contributed by atoms with van der Waals surface area (Å²) in [5.41, 5.74) is 0. The number of hydrogen-bond acceptors (Lipinski definition) is 3. The second-order valence-electron chi connectivity index (χ2n) is 4.81. The molecule has 1 fully saturated rings. The summed E-state index contributed by atoms with van der Waals surface area (Å²) in [7, 11) is -3.20. The van der Waals surface area contributed by atoms with Crippen molar-refractivity contribution in [2.24, 2.45) is 11.8 Å². The molecule has 1 aliphatic rings. The van der Waals surface area contributed by atoms with E-state index >= 15 is 0 Å². The predicted molar refractivity (Wildman–Crippen MR) is 59.2 cm³/mol. The molecular weight excluding hydrogens is 214 g/mol. The SMILES string of the molecule is CC1CC(C)CN(C(=O)CS(C)(=O)=O)C1. The van der Waals surface area contributed by atoms with E-state index in [1.165, 1.54) is 0 Å². The van der Waals surface area contributed by atoms with E-state index in [1.54, 1.807) is 4.90 Å². The number of piperidine rings is 1. The predicted octanol–water partition coefficient (Wildman–Crippen LogP) is 0.536. The van der Waals surface area contributed by atoms with Gasteiger partial charge in [-0.05, 0) is 18.3 Å². The van der Waals surface area contributed by atoms with E-state index in [2.05, 4.69) is 13.8 Å². The van der Waals surface area contributed by atoms with E-state index in [9.17, 15) is 13.2 Å². The molecule has 0 aliphatic carbocycles. The Morgan fingerprint density at radius 2 is 1.73 bits per heavy atom. The van der Waals surface area contributed by atoms with Crippen LogP contribution in [0.2, 0.25) is 0 Å². The van der Waals surface area contributed by atoms with Crippen molar-refractivity contribution in [1.29, 1.82) is 0 Å². The molecule has 1 saturated heterocycles. The molecule has 0 N–H and O–H groups in total. The summed E-state index contributed by atoms with van der Waals surface area (Å²) < 4.78 is 22.0. The first-order valence-electron chi connectivity index (χ1n) is 5.23. The van der Waals surface area contributed by atoms with Gasteiger partial charge < -0.3 is 4.90 Å². The van der Waals surface area contributed by atoms with Crippen LogP contribution in [0, 0.1) is 11.8 Å². The Hall–Kier alpha value is -0.580. The number of carbonyl (C=O) groups is 1. The van der Waals surface area contributed by atoms with Gasteiger partial charge in [0, 0.05) is 19.3 Å². The molecule has 15 heavy (non-hydrogen) atoms. The van der Waals surface area contributed by atoms with Gasteiger partial charge in [0.15, 0.2) is 9.84 Å². The van der Waals surface area contributed by atoms with E-state index in [0.29, 0.717) is 24.9 Å². The van der Waals surface area contributed by atoms with E-state index in [0.717, 1.165) is 12.7 Å². The third-order valence-corrected chi connectivity index (χ3v) is 3.38. The van der Waals surface area contributed by atoms with Crippen LogP contribution in [0.5, 0.6) is 0 Å². The maximum Gasteiger partial charge on any atom is 0.237 e. The van der Waals surface area contributed by atoms with E-state index in [-0.39, 0.29) is 11.7 Å². The molecule has 5 heteroatoms. The van der Waals surface area contributed by atoms with Crippen LogP contribution in [-0.2, 0) is 14.6 Å². The third-order valence-electron chi connectivity index (χ3n) is 2.61. The minimum atomic E-state index is -3.20. The van der Waals surface area contributed by atoms with Crippen molar-refractivity contribution in [2.75, 3.05) is 25.1 Å². The molecule has 1 heterocycles. The lowest BCUT2D eigenvalue weighted by atomic mass is 9.92. The van der Waals surface area contributed by atoms with Gasteiger partial charge in [-0.2, -0.15) is 0 Å². The second kappa shape index (κ2) is 4.51. The van der Waals surface area contributed by atoms with Crippen LogP contribution in [0.4, 0.5) is 0 Å². The van der Waals surface area contributed by atoms with Gasteiger partial charge in [0.25, 0.3) is 0 Å². The summed E-state index contributed by atoms with van der Waals surface area (Å²) in [6, 6.07) is 0. The Bertz CT molecular complexity index is 327. The molecule has 1 amide bonds. The average molecular weight is 233 g/mol. The summed E-state index contributed by atoms with van der Waals surface area (Å²) in [5.74, 6) is 0.331. The fourth-order valence-electron chi connectivity index (χ4n) is 2.18. The van der Waals surface area contributed by atoms with E-state index in [1.807, 2.05) is 0 Å². The molecule has 2 unspecified atom stereocenters. The normalized spacial score (nSPS) is 27.8. The van der Waals surface area contributed by atoms with Crippen LogP contribution in [0.1, 0.15) is 20.3 Å². The first-order chi connectivity index (χ1) is 6.78. The first kappa shape index (κ1) is 12.5. The number of hydrogen-bond donors (Lipinski definition) is 0. The quantitative estimate of drug-likeness (QED) is 0.699. The van der Waals surface area contributed by atoms with Crippen molar-refractivity contribution in [3.63, 3.8) is 0 Å². The van der Waals surface area contributed by atoms with Crippen molar-refractivity contribution in [3.8, 4) is 0 Å². The molecular formula is C10H19NO3S. The topological polar surface area (TPSA) is 54.5 Å². The van der Waals surface area contributed by atoms with Gasteiger partial charge in [-0.25, -0.2) is 8.42 Å². The summed E-state index contributed by atoms with van der Waals surface area (Å²) in [6.07, 6.45) is 2.21. The number of likely N-dealkylation sites (tertiary alicyclic amines) is 1. The van der Waals surface area contributed by atoms with Crippen LogP contribution in [0.25, 0.3) is 0 Å². The molecule has 0 bridgehead atoms. The van der Waals surface area contributed by atoms with Gasteiger partial charge in [-0.1, -0.05) is 13.8 Å². The molecule has 0 saturated carbocycles. The van der Waals surface area contributed by atoms with Gasteiger partial charge in [0.05, 0.1) is 0 Å². The fraction of sp³-hybridized carbons (Fsp3) is 0.900. The second-order valence-corrected chi connectivity index (χ2v) is 6.96. The Balaban J connectivity index is 2.60. The lowest BCUT2D eigenvalue weighted by Gasteiger charge is -2.34. The maximum absolute atomic E-state index is 11.7. The number of sulfone groups is 1. The highest BCUT2D eigenvalue weighted by atomic mass is 32.2. The minimum Gasteiger partial charge on any atom is -0.341 e. The first-order valence-corrected chi connectivity index (χ1v) is 7.29. The highest BCUT2D eigenvalue weighted by molar-refractivity contribution is 7.91. The van der Waals surface area contributed by atoms with Gasteiger partial charge >= 0.3 is 0 Å². The van der Waals surface area contributed by atoms with Crippen LogP contribution in [0.3, 0.4) is 0 Å². The smallest absolute Gasteiger partial charge is 0.237 e. The van der Waals surface area contributed by atoms with Crippen LogP contribution >= 0.6 is 0 Å². The van der Waals surface area contributed by atoms with Gasteiger partial charge in [-0.3, -0.25) is 4.79 Å². The zero-order chi connectivity index (χ0) is 11.6. The third kappa shape index (κ3) is 4.20. The Morgan fingerprint density at radius 3 is 2.13 bits per heavy atom. The lowest BCUT2D eigenvalue weighted by molar-refractivity contribution is -0.131. The van der Waals surface area contributed by atoms with Crippen molar-refractivity contribution in [3.05, 3.63) is 0 Å². The highest BCUT2D eigenvalue weighted by Crippen LogP contribution is 2.20. The minimum absolute atomic E-state index is 0.254. The van der Waals surface area contributed by atoms with Gasteiger partial charge in [0.2, 0.25) is 5.91 Å². The molecule has 88 valence electrons. The summed E-state index contributed by atoms with van der Waals surface area (Å²) >= 11 is 0. The molecule has 1 rings (SSSR count). The summed E-state index contributed by atoms with van der Waals surface area (Å²) in [5, 5.41) is 0. The standard InChI is InChI=1S/C10H19NO3S/c1-8-4-9(2)6-11(5-8)10(12)7-15(3,13)14/h8-9H,4-7H2,1-3H3. The zero-order valence-electron chi connectivity index (χ0n) is 9.56. The van der Waals surface area contributed by atoms with E-state index < -0.39 is 9.84 Å². The molecule has 2 atom stereocenters. The molecule has 0 radical (unpaired) electrons. The molecule has 1 aliphatic heterocycles. The summed E-state index contributed by atoms with van der Waals surface area (Å²) in [4.78, 5) is 13.3. The molecule has 0 spiro atoms. The monoisotopic (exact) mass is 233 g/mol. The molecule has 0 aromatic carbocycles. The maximum atomic E-state index is 11.7. The molecule has 0 aromatic heterocycles. The number of carbonyl (C=O) groups excluding carboxylic acids is 1. The highest BCUT2D eigenvalue weighted by Gasteiger charge is 2.26. The van der Waals surface area contributed by atoms with Crippen molar-refractivity contribution < 1.29 is 13.2 Å². The van der Waals surface area contributed by atoms with E-state index in [4.69, 9.17) is 0 Å². The molecule has 4 nitrogen and oxygen atoms in total. The number of rotatable bonds is 2. The Kier molecular flexibility index (Phi) is 3.76.